The standard InChI is InChI=1S/C23H25ClN2/c1-15-10-22-21(16(2)13-23(3,4)26(22)5)12-18(15)11-19(14-25)17-6-8-20(24)9-7-17/h6-12,16H,13H2,1-5H3/b19-11+. The van der Waals surface area contributed by atoms with E-state index in [4.69, 9.17) is 11.6 Å². The van der Waals surface area contributed by atoms with Crippen LogP contribution in [0.4, 0.5) is 5.69 Å². The molecule has 26 heavy (non-hydrogen) atoms. The molecule has 0 spiro atoms. The van der Waals surface area contributed by atoms with Gasteiger partial charge in [-0.05, 0) is 85.7 Å². The molecule has 2 nitrogen and oxygen atoms in total. The SMILES string of the molecule is Cc1cc2c(cc1/C=C(\C#N)c1ccc(Cl)cc1)C(C)CC(C)(C)N2C. The molecule has 0 aromatic heterocycles. The zero-order valence-electron chi connectivity index (χ0n) is 16.1. The van der Waals surface area contributed by atoms with Gasteiger partial charge in [-0.15, -0.1) is 0 Å². The number of fused-ring (bicyclic) bond motifs is 1. The van der Waals surface area contributed by atoms with Crippen LogP contribution >= 0.6 is 11.6 Å². The maximum absolute atomic E-state index is 9.64. The largest absolute Gasteiger partial charge is 0.369 e. The van der Waals surface area contributed by atoms with Crippen molar-refractivity contribution in [1.82, 2.24) is 0 Å². The van der Waals surface area contributed by atoms with Gasteiger partial charge in [-0.25, -0.2) is 0 Å². The minimum Gasteiger partial charge on any atom is -0.369 e. The Labute approximate surface area is 161 Å². The molecule has 134 valence electrons. The second-order valence-electron chi connectivity index (χ2n) is 7.92. The summed E-state index contributed by atoms with van der Waals surface area (Å²) in [6.07, 6.45) is 3.11. The summed E-state index contributed by atoms with van der Waals surface area (Å²) in [6, 6.07) is 14.3. The number of aryl methyl sites for hydroxylation is 1. The van der Waals surface area contributed by atoms with Crippen molar-refractivity contribution in [3.05, 3.63) is 63.7 Å². The van der Waals surface area contributed by atoms with Crippen molar-refractivity contribution >= 4 is 28.9 Å². The molecule has 2 aromatic rings. The highest BCUT2D eigenvalue weighted by Gasteiger charge is 2.34. The van der Waals surface area contributed by atoms with Crippen LogP contribution in [-0.4, -0.2) is 12.6 Å². The van der Waals surface area contributed by atoms with E-state index in [-0.39, 0.29) is 5.54 Å². The number of allylic oxidation sites excluding steroid dienone is 1. The number of nitriles is 1. The normalized spacial score (nSPS) is 19.0. The molecule has 1 aliphatic heterocycles. The number of rotatable bonds is 2. The van der Waals surface area contributed by atoms with Gasteiger partial charge in [0.2, 0.25) is 0 Å². The smallest absolute Gasteiger partial charge is 0.0998 e. The van der Waals surface area contributed by atoms with E-state index in [1.165, 1.54) is 16.8 Å². The Morgan fingerprint density at radius 2 is 1.92 bits per heavy atom. The van der Waals surface area contributed by atoms with Gasteiger partial charge in [0.15, 0.2) is 0 Å². The van der Waals surface area contributed by atoms with Gasteiger partial charge in [-0.3, -0.25) is 0 Å². The Bertz CT molecular complexity index is 901. The molecule has 0 aliphatic carbocycles. The van der Waals surface area contributed by atoms with Crippen LogP contribution in [0.5, 0.6) is 0 Å². The molecule has 1 heterocycles. The maximum atomic E-state index is 9.64. The number of halogens is 1. The van der Waals surface area contributed by atoms with Gasteiger partial charge < -0.3 is 4.90 Å². The summed E-state index contributed by atoms with van der Waals surface area (Å²) in [5, 5.41) is 10.3. The number of benzene rings is 2. The lowest BCUT2D eigenvalue weighted by atomic mass is 9.79. The first-order valence-corrected chi connectivity index (χ1v) is 9.37. The monoisotopic (exact) mass is 364 g/mol. The van der Waals surface area contributed by atoms with Crippen molar-refractivity contribution in [1.29, 1.82) is 5.26 Å². The van der Waals surface area contributed by atoms with Gasteiger partial charge in [-0.2, -0.15) is 5.26 Å². The third-order valence-corrected chi connectivity index (χ3v) is 5.85. The van der Waals surface area contributed by atoms with Crippen molar-refractivity contribution in [3.63, 3.8) is 0 Å². The molecule has 0 radical (unpaired) electrons. The molecule has 2 aromatic carbocycles. The molecule has 0 N–H and O–H groups in total. The first-order chi connectivity index (χ1) is 12.2. The van der Waals surface area contributed by atoms with E-state index >= 15 is 0 Å². The van der Waals surface area contributed by atoms with Crippen LogP contribution in [0.2, 0.25) is 5.02 Å². The number of hydrogen-bond donors (Lipinski definition) is 0. The molecule has 0 amide bonds. The van der Waals surface area contributed by atoms with Crippen molar-refractivity contribution in [2.75, 3.05) is 11.9 Å². The van der Waals surface area contributed by atoms with E-state index < -0.39 is 0 Å². The van der Waals surface area contributed by atoms with Crippen molar-refractivity contribution < 1.29 is 0 Å². The fourth-order valence-electron chi connectivity index (χ4n) is 3.86. The minimum atomic E-state index is 0.150. The van der Waals surface area contributed by atoms with Crippen LogP contribution in [-0.2, 0) is 0 Å². The van der Waals surface area contributed by atoms with Crippen molar-refractivity contribution in [2.45, 2.75) is 45.6 Å². The molecule has 1 atom stereocenters. The van der Waals surface area contributed by atoms with Gasteiger partial charge in [0.25, 0.3) is 0 Å². The summed E-state index contributed by atoms with van der Waals surface area (Å²) in [5.41, 5.74) is 6.64. The van der Waals surface area contributed by atoms with Gasteiger partial charge in [0, 0.05) is 23.3 Å². The Morgan fingerprint density at radius 1 is 1.27 bits per heavy atom. The summed E-state index contributed by atoms with van der Waals surface area (Å²) in [7, 11) is 2.17. The lowest BCUT2D eigenvalue weighted by molar-refractivity contribution is 0.395. The quantitative estimate of drug-likeness (QED) is 0.453. The van der Waals surface area contributed by atoms with E-state index in [1.54, 1.807) is 0 Å². The number of anilines is 1. The predicted octanol–water partition coefficient (Wildman–Crippen LogP) is 6.43. The van der Waals surface area contributed by atoms with Crippen LogP contribution < -0.4 is 4.90 Å². The maximum Gasteiger partial charge on any atom is 0.0998 e. The molecule has 0 bridgehead atoms. The minimum absolute atomic E-state index is 0.150. The molecular weight excluding hydrogens is 340 g/mol. The van der Waals surface area contributed by atoms with Crippen molar-refractivity contribution in [3.8, 4) is 6.07 Å². The zero-order valence-corrected chi connectivity index (χ0v) is 16.9. The topological polar surface area (TPSA) is 27.0 Å². The third-order valence-electron chi connectivity index (χ3n) is 5.60. The molecule has 3 heteroatoms. The molecule has 0 saturated heterocycles. The van der Waals surface area contributed by atoms with E-state index in [0.717, 1.165) is 17.5 Å². The fraction of sp³-hybridized carbons (Fsp3) is 0.348. The second-order valence-corrected chi connectivity index (χ2v) is 8.36. The molecule has 0 saturated carbocycles. The average molecular weight is 365 g/mol. The number of hydrogen-bond acceptors (Lipinski definition) is 2. The summed E-state index contributed by atoms with van der Waals surface area (Å²) in [5.74, 6) is 0.491. The first kappa shape index (κ1) is 18.5. The molecular formula is C23H25ClN2. The molecule has 3 rings (SSSR count). The fourth-order valence-corrected chi connectivity index (χ4v) is 3.98. The first-order valence-electron chi connectivity index (χ1n) is 8.99. The van der Waals surface area contributed by atoms with Crippen molar-refractivity contribution in [2.24, 2.45) is 0 Å². The van der Waals surface area contributed by atoms with Gasteiger partial charge in [0.05, 0.1) is 11.6 Å². The molecule has 1 unspecified atom stereocenters. The molecule has 0 fully saturated rings. The lowest BCUT2D eigenvalue weighted by Crippen LogP contribution is -2.45. The Kier molecular flexibility index (Phi) is 4.86. The van der Waals surface area contributed by atoms with Crippen LogP contribution in [0, 0.1) is 18.3 Å². The van der Waals surface area contributed by atoms with Crippen LogP contribution in [0.3, 0.4) is 0 Å². The second kappa shape index (κ2) is 6.82. The summed E-state index contributed by atoms with van der Waals surface area (Å²) in [4.78, 5) is 2.38. The van der Waals surface area contributed by atoms with Gasteiger partial charge >= 0.3 is 0 Å². The van der Waals surface area contributed by atoms with E-state index in [9.17, 15) is 5.26 Å². The number of nitrogens with zero attached hydrogens (tertiary/aromatic N) is 2. The van der Waals surface area contributed by atoms with E-state index in [1.807, 2.05) is 30.3 Å². The summed E-state index contributed by atoms with van der Waals surface area (Å²) >= 11 is 5.97. The summed E-state index contributed by atoms with van der Waals surface area (Å²) < 4.78 is 0. The highest BCUT2D eigenvalue weighted by molar-refractivity contribution is 6.30. The average Bonchev–Trinajstić information content (AvgIpc) is 2.59. The summed E-state index contributed by atoms with van der Waals surface area (Å²) in [6.45, 7) is 9.00. The van der Waals surface area contributed by atoms with Crippen LogP contribution in [0.15, 0.2) is 36.4 Å². The Morgan fingerprint density at radius 3 is 2.54 bits per heavy atom. The van der Waals surface area contributed by atoms with E-state index in [0.29, 0.717) is 16.5 Å². The van der Waals surface area contributed by atoms with Gasteiger partial charge in [-0.1, -0.05) is 30.7 Å². The van der Waals surface area contributed by atoms with Crippen LogP contribution in [0.1, 0.15) is 55.4 Å². The Hall–Kier alpha value is -2.24. The Balaban J connectivity index is 2.08. The molecule has 1 aliphatic rings. The highest BCUT2D eigenvalue weighted by atomic mass is 35.5. The third kappa shape index (κ3) is 3.37. The lowest BCUT2D eigenvalue weighted by Gasteiger charge is -2.45. The predicted molar refractivity (Wildman–Crippen MR) is 112 cm³/mol. The van der Waals surface area contributed by atoms with Crippen LogP contribution in [0.25, 0.3) is 11.6 Å². The van der Waals surface area contributed by atoms with Gasteiger partial charge in [0.1, 0.15) is 0 Å². The van der Waals surface area contributed by atoms with E-state index in [2.05, 4.69) is 57.8 Å². The highest BCUT2D eigenvalue weighted by Crippen LogP contribution is 2.43. The zero-order chi connectivity index (χ0) is 19.1.